The van der Waals surface area contributed by atoms with Gasteiger partial charge in [0.25, 0.3) is 5.92 Å². The van der Waals surface area contributed by atoms with Crippen LogP contribution in [0.3, 0.4) is 0 Å². The lowest BCUT2D eigenvalue weighted by molar-refractivity contribution is -0.0720. The van der Waals surface area contributed by atoms with Gasteiger partial charge in [0.15, 0.2) is 0 Å². The molecule has 0 saturated carbocycles. The highest BCUT2D eigenvalue weighted by Crippen LogP contribution is 2.28. The fraction of sp³-hybridized carbons (Fsp3) is 0.300. The number of nitrogens with zero attached hydrogens (tertiary/aromatic N) is 1. The van der Waals surface area contributed by atoms with Crippen LogP contribution >= 0.6 is 0 Å². The zero-order valence-electron chi connectivity index (χ0n) is 8.32. The summed E-state index contributed by atoms with van der Waals surface area (Å²) >= 11 is 0. The fourth-order valence-corrected chi connectivity index (χ4v) is 1.44. The Labute approximate surface area is 90.1 Å². The Hall–Kier alpha value is -1.53. The predicted molar refractivity (Wildman–Crippen MR) is 55.1 cm³/mol. The van der Waals surface area contributed by atoms with Crippen LogP contribution in [-0.4, -0.2) is 27.6 Å². The van der Waals surface area contributed by atoms with Crippen LogP contribution < -0.4 is 5.73 Å². The molecule has 1 atom stereocenters. The Morgan fingerprint density at radius 3 is 2.88 bits per heavy atom. The van der Waals surface area contributed by atoms with E-state index in [1.807, 2.05) is 0 Å². The van der Waals surface area contributed by atoms with Crippen LogP contribution in [0, 0.1) is 0 Å². The minimum atomic E-state index is -3.36. The van der Waals surface area contributed by atoms with Crippen molar-refractivity contribution in [2.45, 2.75) is 12.0 Å². The van der Waals surface area contributed by atoms with Crippen molar-refractivity contribution in [3.8, 4) is 0 Å². The molecule has 6 heteroatoms. The van der Waals surface area contributed by atoms with Crippen LogP contribution in [0.15, 0.2) is 24.4 Å². The molecule has 0 unspecified atom stereocenters. The van der Waals surface area contributed by atoms with Gasteiger partial charge < -0.3 is 15.8 Å². The molecule has 0 aliphatic carbocycles. The molecule has 0 aromatic carbocycles. The Bertz CT molecular complexity index is 498. The van der Waals surface area contributed by atoms with Gasteiger partial charge in [-0.25, -0.2) is 13.8 Å². The number of hydrogen-bond acceptors (Lipinski definition) is 3. The van der Waals surface area contributed by atoms with Crippen molar-refractivity contribution in [3.63, 3.8) is 0 Å². The number of rotatable bonds is 3. The molecule has 0 amide bonds. The molecule has 0 saturated heterocycles. The molecule has 0 aliphatic rings. The maximum atomic E-state index is 13.1. The van der Waals surface area contributed by atoms with Crippen molar-refractivity contribution in [2.24, 2.45) is 5.73 Å². The van der Waals surface area contributed by atoms with Gasteiger partial charge in [-0.3, -0.25) is 0 Å². The van der Waals surface area contributed by atoms with Gasteiger partial charge in [0, 0.05) is 6.20 Å². The van der Waals surface area contributed by atoms with Gasteiger partial charge in [-0.2, -0.15) is 0 Å². The molecule has 0 aliphatic heterocycles. The molecule has 2 aromatic heterocycles. The van der Waals surface area contributed by atoms with E-state index in [1.54, 1.807) is 18.3 Å². The molecule has 0 spiro atoms. The number of aliphatic hydroxyl groups excluding tert-OH is 1. The molecule has 2 rings (SSSR count). The molecule has 0 fully saturated rings. The fourth-order valence-electron chi connectivity index (χ4n) is 1.44. The van der Waals surface area contributed by atoms with Crippen LogP contribution in [0.25, 0.3) is 11.0 Å². The highest BCUT2D eigenvalue weighted by Gasteiger charge is 2.38. The standard InChI is InChI=1S/C10H11F2N3O/c11-10(12,5-16)9(13)8-2-1-6-7(15-8)3-4-14-6/h1-4,9,14,16H,5,13H2/t9-/m1/s1. The summed E-state index contributed by atoms with van der Waals surface area (Å²) in [6.07, 6.45) is 1.66. The Balaban J connectivity index is 2.39. The number of H-pyrrole nitrogens is 1. The van der Waals surface area contributed by atoms with Gasteiger partial charge >= 0.3 is 0 Å². The number of nitrogens with two attached hydrogens (primary N) is 1. The van der Waals surface area contributed by atoms with Crippen molar-refractivity contribution in [3.05, 3.63) is 30.1 Å². The van der Waals surface area contributed by atoms with E-state index in [4.69, 9.17) is 10.8 Å². The minimum Gasteiger partial charge on any atom is -0.390 e. The summed E-state index contributed by atoms with van der Waals surface area (Å²) in [4.78, 5) is 6.90. The summed E-state index contributed by atoms with van der Waals surface area (Å²) < 4.78 is 26.3. The average Bonchev–Trinajstić information content (AvgIpc) is 2.74. The Morgan fingerprint density at radius 1 is 1.44 bits per heavy atom. The van der Waals surface area contributed by atoms with E-state index in [2.05, 4.69) is 9.97 Å². The van der Waals surface area contributed by atoms with Crippen LogP contribution in [0.2, 0.25) is 0 Å². The summed E-state index contributed by atoms with van der Waals surface area (Å²) in [6.45, 7) is -1.29. The van der Waals surface area contributed by atoms with E-state index in [0.29, 0.717) is 5.52 Å². The van der Waals surface area contributed by atoms with E-state index < -0.39 is 18.6 Å². The van der Waals surface area contributed by atoms with E-state index in [-0.39, 0.29) is 5.69 Å². The molecule has 16 heavy (non-hydrogen) atoms. The van der Waals surface area contributed by atoms with Crippen molar-refractivity contribution in [1.82, 2.24) is 9.97 Å². The van der Waals surface area contributed by atoms with Gasteiger partial charge in [0.2, 0.25) is 0 Å². The molecule has 4 N–H and O–H groups in total. The van der Waals surface area contributed by atoms with Crippen LogP contribution in [0.5, 0.6) is 0 Å². The topological polar surface area (TPSA) is 74.9 Å². The molecule has 0 radical (unpaired) electrons. The highest BCUT2D eigenvalue weighted by atomic mass is 19.3. The molecule has 4 nitrogen and oxygen atoms in total. The zero-order valence-corrected chi connectivity index (χ0v) is 8.32. The lowest BCUT2D eigenvalue weighted by Gasteiger charge is -2.20. The third-order valence-electron chi connectivity index (χ3n) is 2.41. The van der Waals surface area contributed by atoms with Gasteiger partial charge in [0.1, 0.15) is 12.6 Å². The normalized spacial score (nSPS) is 14.2. The van der Waals surface area contributed by atoms with Crippen molar-refractivity contribution >= 4 is 11.0 Å². The summed E-state index contributed by atoms with van der Waals surface area (Å²) in [7, 11) is 0. The molecular weight excluding hydrogens is 216 g/mol. The number of pyridine rings is 1. The lowest BCUT2D eigenvalue weighted by atomic mass is 10.1. The van der Waals surface area contributed by atoms with Crippen LogP contribution in [0.4, 0.5) is 8.78 Å². The van der Waals surface area contributed by atoms with E-state index in [1.165, 1.54) is 6.07 Å². The number of aromatic amines is 1. The third-order valence-corrected chi connectivity index (χ3v) is 2.41. The lowest BCUT2D eigenvalue weighted by Crippen LogP contribution is -2.36. The summed E-state index contributed by atoms with van der Waals surface area (Å²) in [5.41, 5.74) is 6.75. The quantitative estimate of drug-likeness (QED) is 0.737. The largest absolute Gasteiger partial charge is 0.390 e. The molecule has 2 aromatic rings. The first-order valence-electron chi connectivity index (χ1n) is 4.73. The molecule has 0 bridgehead atoms. The SMILES string of the molecule is N[C@H](c1ccc2[nH]ccc2n1)C(F)(F)CO. The van der Waals surface area contributed by atoms with E-state index in [0.717, 1.165) is 5.52 Å². The first-order chi connectivity index (χ1) is 7.54. The molecule has 2 heterocycles. The van der Waals surface area contributed by atoms with Crippen molar-refractivity contribution in [1.29, 1.82) is 0 Å². The monoisotopic (exact) mass is 227 g/mol. The van der Waals surface area contributed by atoms with Gasteiger partial charge in [-0.05, 0) is 18.2 Å². The number of aromatic nitrogens is 2. The number of nitrogens with one attached hydrogen (secondary N) is 1. The van der Waals surface area contributed by atoms with Gasteiger partial charge in [-0.15, -0.1) is 0 Å². The maximum absolute atomic E-state index is 13.1. The predicted octanol–water partition coefficient (Wildman–Crippen LogP) is 1.19. The third kappa shape index (κ3) is 1.77. The zero-order chi connectivity index (χ0) is 11.8. The molecular formula is C10H11F2N3O. The first kappa shape index (κ1) is 11.0. The van der Waals surface area contributed by atoms with Gasteiger partial charge in [0.05, 0.1) is 16.7 Å². The van der Waals surface area contributed by atoms with Crippen LogP contribution in [0.1, 0.15) is 11.7 Å². The maximum Gasteiger partial charge on any atom is 0.291 e. The second kappa shape index (κ2) is 3.80. The Kier molecular flexibility index (Phi) is 2.61. The minimum absolute atomic E-state index is 0.0613. The molecule has 86 valence electrons. The van der Waals surface area contributed by atoms with Crippen molar-refractivity contribution in [2.75, 3.05) is 6.61 Å². The second-order valence-electron chi connectivity index (χ2n) is 3.54. The number of halogens is 2. The number of aliphatic hydroxyl groups is 1. The van der Waals surface area contributed by atoms with Gasteiger partial charge in [-0.1, -0.05) is 0 Å². The van der Waals surface area contributed by atoms with Crippen LogP contribution in [-0.2, 0) is 0 Å². The van der Waals surface area contributed by atoms with E-state index in [9.17, 15) is 8.78 Å². The highest BCUT2D eigenvalue weighted by molar-refractivity contribution is 5.74. The average molecular weight is 227 g/mol. The number of fused-ring (bicyclic) bond motifs is 1. The van der Waals surface area contributed by atoms with E-state index >= 15 is 0 Å². The smallest absolute Gasteiger partial charge is 0.291 e. The summed E-state index contributed by atoms with van der Waals surface area (Å²) in [5.74, 6) is -3.36. The second-order valence-corrected chi connectivity index (χ2v) is 3.54. The first-order valence-corrected chi connectivity index (χ1v) is 4.73. The Morgan fingerprint density at radius 2 is 2.19 bits per heavy atom. The summed E-state index contributed by atoms with van der Waals surface area (Å²) in [5, 5.41) is 8.54. The number of hydrogen-bond donors (Lipinski definition) is 3. The summed E-state index contributed by atoms with van der Waals surface area (Å²) in [6, 6.07) is 3.12. The number of alkyl halides is 2. The van der Waals surface area contributed by atoms with Crippen molar-refractivity contribution < 1.29 is 13.9 Å².